The number of hydrogen-bond donors (Lipinski definition) is 1. The molecule has 3 rings (SSSR count). The van der Waals surface area contributed by atoms with E-state index in [1.807, 2.05) is 12.1 Å². The molecule has 1 aromatic heterocycles. The number of benzene rings is 1. The Morgan fingerprint density at radius 3 is 3.25 bits per heavy atom. The van der Waals surface area contributed by atoms with Crippen LogP contribution >= 0.6 is 11.5 Å². The Morgan fingerprint density at radius 1 is 1.44 bits per heavy atom. The maximum absolute atomic E-state index is 5.80. The van der Waals surface area contributed by atoms with Gasteiger partial charge in [-0.1, -0.05) is 12.1 Å². The summed E-state index contributed by atoms with van der Waals surface area (Å²) in [6.07, 6.45) is 1.21. The maximum Gasteiger partial charge on any atom is 0.233 e. The molecule has 0 bridgehead atoms. The van der Waals surface area contributed by atoms with Crippen LogP contribution in [0.5, 0.6) is 5.88 Å². The number of aromatic nitrogens is 1. The minimum atomic E-state index is 0.639. The van der Waals surface area contributed by atoms with E-state index in [0.717, 1.165) is 31.0 Å². The van der Waals surface area contributed by atoms with Gasteiger partial charge in [-0.25, -0.2) is 0 Å². The van der Waals surface area contributed by atoms with Crippen LogP contribution in [0.2, 0.25) is 0 Å². The molecule has 3 nitrogen and oxygen atoms in total. The van der Waals surface area contributed by atoms with Crippen LogP contribution < -0.4 is 10.1 Å². The molecule has 1 aromatic carbocycles. The lowest BCUT2D eigenvalue weighted by Crippen LogP contribution is -2.15. The summed E-state index contributed by atoms with van der Waals surface area (Å²) in [5.74, 6) is 1.44. The summed E-state index contributed by atoms with van der Waals surface area (Å²) in [6, 6.07) is 8.21. The Bertz CT molecular complexity index is 477. The van der Waals surface area contributed by atoms with Gasteiger partial charge < -0.3 is 10.1 Å². The van der Waals surface area contributed by atoms with Crippen LogP contribution in [0.1, 0.15) is 6.42 Å². The van der Waals surface area contributed by atoms with Crippen LogP contribution in [-0.2, 0) is 0 Å². The summed E-state index contributed by atoms with van der Waals surface area (Å²) < 4.78 is 11.4. The van der Waals surface area contributed by atoms with Gasteiger partial charge in [-0.05, 0) is 36.6 Å². The topological polar surface area (TPSA) is 34.1 Å². The second kappa shape index (κ2) is 4.39. The third kappa shape index (κ3) is 1.90. The van der Waals surface area contributed by atoms with E-state index in [1.54, 1.807) is 0 Å². The largest absolute Gasteiger partial charge is 0.476 e. The molecule has 0 radical (unpaired) electrons. The van der Waals surface area contributed by atoms with E-state index in [4.69, 9.17) is 4.74 Å². The molecule has 0 amide bonds. The average molecular weight is 234 g/mol. The van der Waals surface area contributed by atoms with Crippen molar-refractivity contribution in [2.75, 3.05) is 19.7 Å². The number of rotatable bonds is 3. The smallest absolute Gasteiger partial charge is 0.233 e. The SMILES string of the molecule is c1ccc2c(OCC3CCNC3)nsc2c1. The Kier molecular flexibility index (Phi) is 2.76. The van der Waals surface area contributed by atoms with Gasteiger partial charge in [0.2, 0.25) is 5.88 Å². The summed E-state index contributed by atoms with van der Waals surface area (Å²) in [4.78, 5) is 0. The minimum Gasteiger partial charge on any atom is -0.476 e. The molecule has 1 saturated heterocycles. The van der Waals surface area contributed by atoms with Crippen molar-refractivity contribution in [3.63, 3.8) is 0 Å². The molecule has 1 unspecified atom stereocenters. The zero-order valence-electron chi connectivity index (χ0n) is 8.98. The summed E-state index contributed by atoms with van der Waals surface area (Å²) in [7, 11) is 0. The van der Waals surface area contributed by atoms with Crippen LogP contribution in [0, 0.1) is 5.92 Å². The fraction of sp³-hybridized carbons (Fsp3) is 0.417. The Balaban J connectivity index is 1.73. The van der Waals surface area contributed by atoms with E-state index in [-0.39, 0.29) is 0 Å². The van der Waals surface area contributed by atoms with E-state index < -0.39 is 0 Å². The van der Waals surface area contributed by atoms with Gasteiger partial charge in [-0.3, -0.25) is 0 Å². The molecule has 84 valence electrons. The molecule has 1 atom stereocenters. The predicted molar refractivity (Wildman–Crippen MR) is 66.1 cm³/mol. The summed E-state index contributed by atoms with van der Waals surface area (Å²) in [6.45, 7) is 2.97. The van der Waals surface area contributed by atoms with Gasteiger partial charge in [0.05, 0.1) is 16.7 Å². The van der Waals surface area contributed by atoms with Gasteiger partial charge in [0, 0.05) is 12.5 Å². The fourth-order valence-corrected chi connectivity index (χ4v) is 2.75. The van der Waals surface area contributed by atoms with Crippen LogP contribution in [0.15, 0.2) is 24.3 Å². The lowest BCUT2D eigenvalue weighted by Gasteiger charge is -2.08. The van der Waals surface area contributed by atoms with Gasteiger partial charge in [0.25, 0.3) is 0 Å². The fourth-order valence-electron chi connectivity index (χ4n) is 2.02. The van der Waals surface area contributed by atoms with Gasteiger partial charge in [-0.15, -0.1) is 0 Å². The number of nitrogens with one attached hydrogen (secondary N) is 1. The molecule has 4 heteroatoms. The van der Waals surface area contributed by atoms with Crippen molar-refractivity contribution >= 4 is 21.6 Å². The maximum atomic E-state index is 5.80. The second-order valence-corrected chi connectivity index (χ2v) is 4.96. The standard InChI is InChI=1S/C12H14N2OS/c1-2-4-11-10(3-1)12(14-16-11)15-8-9-5-6-13-7-9/h1-4,9,13H,5-8H2. The second-order valence-electron chi connectivity index (χ2n) is 4.15. The molecule has 1 fully saturated rings. The monoisotopic (exact) mass is 234 g/mol. The Hall–Kier alpha value is -1.13. The van der Waals surface area contributed by atoms with Crippen molar-refractivity contribution < 1.29 is 4.74 Å². The van der Waals surface area contributed by atoms with Crippen molar-refractivity contribution in [3.05, 3.63) is 24.3 Å². The van der Waals surface area contributed by atoms with Gasteiger partial charge >= 0.3 is 0 Å². The van der Waals surface area contributed by atoms with E-state index in [1.165, 1.54) is 22.7 Å². The normalized spacial score (nSPS) is 20.4. The van der Waals surface area contributed by atoms with E-state index in [2.05, 4.69) is 21.8 Å². The first kappa shape index (κ1) is 10.1. The van der Waals surface area contributed by atoms with E-state index in [0.29, 0.717) is 5.92 Å². The van der Waals surface area contributed by atoms with Crippen molar-refractivity contribution in [2.45, 2.75) is 6.42 Å². The predicted octanol–water partition coefficient (Wildman–Crippen LogP) is 2.28. The first-order valence-electron chi connectivity index (χ1n) is 5.61. The molecule has 1 N–H and O–H groups in total. The minimum absolute atomic E-state index is 0.639. The average Bonchev–Trinajstić information content (AvgIpc) is 2.96. The highest BCUT2D eigenvalue weighted by atomic mass is 32.1. The zero-order chi connectivity index (χ0) is 10.8. The lowest BCUT2D eigenvalue weighted by molar-refractivity contribution is 0.256. The van der Waals surface area contributed by atoms with E-state index >= 15 is 0 Å². The van der Waals surface area contributed by atoms with Crippen LogP contribution in [0.3, 0.4) is 0 Å². The zero-order valence-corrected chi connectivity index (χ0v) is 9.80. The van der Waals surface area contributed by atoms with Crippen molar-refractivity contribution in [3.8, 4) is 5.88 Å². The molecular formula is C12H14N2OS. The van der Waals surface area contributed by atoms with Crippen molar-refractivity contribution in [1.82, 2.24) is 9.69 Å². The Labute approximate surface area is 98.6 Å². The molecule has 16 heavy (non-hydrogen) atoms. The van der Waals surface area contributed by atoms with Crippen LogP contribution in [-0.4, -0.2) is 24.1 Å². The molecule has 1 aliphatic rings. The third-order valence-corrected chi connectivity index (χ3v) is 3.77. The van der Waals surface area contributed by atoms with E-state index in [9.17, 15) is 0 Å². The summed E-state index contributed by atoms with van der Waals surface area (Å²) in [5, 5.41) is 4.48. The molecule has 0 saturated carbocycles. The Morgan fingerprint density at radius 2 is 2.38 bits per heavy atom. The number of ether oxygens (including phenoxy) is 1. The number of fused-ring (bicyclic) bond motifs is 1. The molecule has 2 heterocycles. The highest BCUT2D eigenvalue weighted by molar-refractivity contribution is 7.13. The molecular weight excluding hydrogens is 220 g/mol. The molecule has 0 aliphatic carbocycles. The quantitative estimate of drug-likeness (QED) is 0.884. The lowest BCUT2D eigenvalue weighted by atomic mass is 10.1. The molecule has 0 spiro atoms. The molecule has 2 aromatic rings. The van der Waals surface area contributed by atoms with Crippen LogP contribution in [0.4, 0.5) is 0 Å². The number of nitrogens with zero attached hydrogens (tertiary/aromatic N) is 1. The summed E-state index contributed by atoms with van der Waals surface area (Å²) in [5.41, 5.74) is 0. The van der Waals surface area contributed by atoms with Gasteiger partial charge in [0.15, 0.2) is 0 Å². The number of hydrogen-bond acceptors (Lipinski definition) is 4. The third-order valence-electron chi connectivity index (χ3n) is 2.96. The van der Waals surface area contributed by atoms with Crippen molar-refractivity contribution in [2.24, 2.45) is 5.92 Å². The highest BCUT2D eigenvalue weighted by Crippen LogP contribution is 2.28. The van der Waals surface area contributed by atoms with Crippen molar-refractivity contribution in [1.29, 1.82) is 0 Å². The first-order chi connectivity index (χ1) is 7.93. The molecule has 1 aliphatic heterocycles. The highest BCUT2D eigenvalue weighted by Gasteiger charge is 2.16. The van der Waals surface area contributed by atoms with Crippen LogP contribution in [0.25, 0.3) is 10.1 Å². The summed E-state index contributed by atoms with van der Waals surface area (Å²) >= 11 is 1.51. The first-order valence-corrected chi connectivity index (χ1v) is 6.39. The van der Waals surface area contributed by atoms with Gasteiger partial charge in [-0.2, -0.15) is 4.37 Å². The van der Waals surface area contributed by atoms with Gasteiger partial charge in [0.1, 0.15) is 0 Å².